The first-order chi connectivity index (χ1) is 11.4. The van der Waals surface area contributed by atoms with Crippen molar-refractivity contribution in [1.29, 1.82) is 0 Å². The van der Waals surface area contributed by atoms with Crippen molar-refractivity contribution in [2.24, 2.45) is 0 Å². The van der Waals surface area contributed by atoms with Crippen LogP contribution in [0, 0.1) is 0 Å². The number of carbonyl (C=O) groups is 2. The molecule has 0 heterocycles. The van der Waals surface area contributed by atoms with Crippen molar-refractivity contribution in [2.75, 3.05) is 19.6 Å². The van der Waals surface area contributed by atoms with Gasteiger partial charge in [0.25, 0.3) is 0 Å². The fraction of sp³-hybridized carbons (Fsp3) is 0.385. The van der Waals surface area contributed by atoms with Crippen LogP contribution in [0.15, 0.2) is 29.2 Å². The van der Waals surface area contributed by atoms with Crippen molar-refractivity contribution in [3.05, 3.63) is 24.3 Å². The molecule has 0 fully saturated rings. The number of likely N-dealkylation sites (N-methyl/N-ethyl adjacent to an activating group) is 1. The van der Waals surface area contributed by atoms with Gasteiger partial charge in [0.2, 0.25) is 15.9 Å². The zero-order chi connectivity index (χ0) is 19.3. The molecule has 1 aromatic rings. The number of hydrogen-bond donors (Lipinski definition) is 2. The third-order valence-corrected chi connectivity index (χ3v) is 4.26. The highest BCUT2D eigenvalue weighted by molar-refractivity contribution is 7.89. The van der Waals surface area contributed by atoms with Crippen LogP contribution in [0.4, 0.5) is 13.2 Å². The summed E-state index contributed by atoms with van der Waals surface area (Å²) in [5, 5.41) is 8.65. The molecule has 140 valence electrons. The largest absolute Gasteiger partial charge is 0.573 e. The fourth-order valence-electron chi connectivity index (χ4n) is 1.71. The Bertz CT molecular complexity index is 718. The van der Waals surface area contributed by atoms with E-state index in [9.17, 15) is 31.2 Å². The quantitative estimate of drug-likeness (QED) is 0.685. The van der Waals surface area contributed by atoms with Gasteiger partial charge in [0.15, 0.2) is 0 Å². The molecule has 0 saturated heterocycles. The number of carbonyl (C=O) groups excluding carboxylic acids is 1. The number of benzene rings is 1. The van der Waals surface area contributed by atoms with Gasteiger partial charge in [-0.2, -0.15) is 0 Å². The van der Waals surface area contributed by atoms with Gasteiger partial charge in [-0.25, -0.2) is 13.1 Å². The van der Waals surface area contributed by atoms with Gasteiger partial charge in [-0.05, 0) is 31.2 Å². The summed E-state index contributed by atoms with van der Waals surface area (Å²) in [6, 6.07) is 3.38. The Balaban J connectivity index is 2.75. The minimum absolute atomic E-state index is 0.0658. The third kappa shape index (κ3) is 6.97. The molecule has 0 spiro atoms. The fourth-order valence-corrected chi connectivity index (χ4v) is 2.69. The third-order valence-electron chi connectivity index (χ3n) is 2.84. The van der Waals surface area contributed by atoms with Crippen LogP contribution in [0.25, 0.3) is 0 Å². The second kappa shape index (κ2) is 8.16. The molecule has 0 atom stereocenters. The Morgan fingerprint density at radius 1 is 1.24 bits per heavy atom. The molecule has 0 saturated carbocycles. The van der Waals surface area contributed by atoms with Crippen LogP contribution in [0.3, 0.4) is 0 Å². The Morgan fingerprint density at radius 3 is 2.24 bits per heavy atom. The number of alkyl halides is 3. The topological polar surface area (TPSA) is 113 Å². The van der Waals surface area contributed by atoms with Crippen molar-refractivity contribution in [3.8, 4) is 5.75 Å². The molecular weight excluding hydrogens is 369 g/mol. The lowest BCUT2D eigenvalue weighted by Gasteiger charge is -2.18. The number of sulfonamides is 1. The molecule has 0 radical (unpaired) electrons. The Hall–Kier alpha value is -2.34. The molecule has 0 aliphatic carbocycles. The highest BCUT2D eigenvalue weighted by atomic mass is 32.2. The molecule has 8 nitrogen and oxygen atoms in total. The van der Waals surface area contributed by atoms with Crippen LogP contribution < -0.4 is 9.46 Å². The van der Waals surface area contributed by atoms with Gasteiger partial charge >= 0.3 is 12.3 Å². The average molecular weight is 384 g/mol. The maximum absolute atomic E-state index is 12.0. The number of halogens is 3. The first-order valence-corrected chi connectivity index (χ1v) is 8.28. The van der Waals surface area contributed by atoms with Crippen molar-refractivity contribution in [1.82, 2.24) is 9.62 Å². The first-order valence-electron chi connectivity index (χ1n) is 6.79. The van der Waals surface area contributed by atoms with Crippen LogP contribution in [0.2, 0.25) is 0 Å². The number of rotatable bonds is 8. The Kier molecular flexibility index (Phi) is 6.76. The van der Waals surface area contributed by atoms with E-state index >= 15 is 0 Å². The van der Waals surface area contributed by atoms with Gasteiger partial charge in [0, 0.05) is 6.54 Å². The first kappa shape index (κ1) is 20.7. The SMILES string of the molecule is CCN(CC(=O)O)C(=O)CNS(=O)(=O)c1ccc(OC(F)(F)F)cc1. The molecule has 0 aliphatic heterocycles. The van der Waals surface area contributed by atoms with Gasteiger partial charge < -0.3 is 14.7 Å². The summed E-state index contributed by atoms with van der Waals surface area (Å²) in [5.74, 6) is -2.61. The van der Waals surface area contributed by atoms with Gasteiger partial charge in [-0.15, -0.1) is 13.2 Å². The molecule has 0 aromatic heterocycles. The smallest absolute Gasteiger partial charge is 0.480 e. The highest BCUT2D eigenvalue weighted by Crippen LogP contribution is 2.23. The van der Waals surface area contributed by atoms with Crippen molar-refractivity contribution in [3.63, 3.8) is 0 Å². The Labute approximate surface area is 141 Å². The lowest BCUT2D eigenvalue weighted by molar-refractivity contribution is -0.274. The molecule has 25 heavy (non-hydrogen) atoms. The van der Waals surface area contributed by atoms with Crippen molar-refractivity contribution < 1.29 is 41.0 Å². The van der Waals surface area contributed by atoms with Crippen LogP contribution in [0.1, 0.15) is 6.92 Å². The van der Waals surface area contributed by atoms with Crippen LogP contribution >= 0.6 is 0 Å². The number of hydrogen-bond acceptors (Lipinski definition) is 5. The summed E-state index contributed by atoms with van der Waals surface area (Å²) in [4.78, 5) is 22.9. The van der Waals surface area contributed by atoms with Crippen LogP contribution in [0.5, 0.6) is 5.75 Å². The number of carboxylic acid groups (broad SMARTS) is 1. The Morgan fingerprint density at radius 2 is 1.80 bits per heavy atom. The number of amides is 1. The maximum Gasteiger partial charge on any atom is 0.573 e. The molecule has 1 rings (SSSR count). The second-order valence-electron chi connectivity index (χ2n) is 4.65. The minimum Gasteiger partial charge on any atom is -0.480 e. The predicted molar refractivity (Wildman–Crippen MR) is 78.2 cm³/mol. The highest BCUT2D eigenvalue weighted by Gasteiger charge is 2.31. The lowest BCUT2D eigenvalue weighted by Crippen LogP contribution is -2.42. The molecule has 0 bridgehead atoms. The van der Waals surface area contributed by atoms with E-state index in [1.54, 1.807) is 0 Å². The van der Waals surface area contributed by atoms with Crippen LogP contribution in [-0.4, -0.2) is 56.3 Å². The summed E-state index contributed by atoms with van der Waals surface area (Å²) in [7, 11) is -4.17. The molecule has 2 N–H and O–H groups in total. The molecule has 12 heteroatoms. The van der Waals surface area contributed by atoms with E-state index in [1.807, 2.05) is 4.72 Å². The number of carboxylic acids is 1. The lowest BCUT2D eigenvalue weighted by atomic mass is 10.3. The number of aliphatic carboxylic acids is 1. The number of ether oxygens (including phenoxy) is 1. The van der Waals surface area contributed by atoms with E-state index in [2.05, 4.69) is 4.74 Å². The van der Waals surface area contributed by atoms with Crippen molar-refractivity contribution in [2.45, 2.75) is 18.2 Å². The summed E-state index contributed by atoms with van der Waals surface area (Å²) < 4.78 is 65.7. The van der Waals surface area contributed by atoms with Crippen LogP contribution in [-0.2, 0) is 19.6 Å². The number of nitrogens with one attached hydrogen (secondary N) is 1. The summed E-state index contributed by atoms with van der Waals surface area (Å²) in [6.07, 6.45) is -4.90. The van der Waals surface area contributed by atoms with E-state index in [1.165, 1.54) is 6.92 Å². The zero-order valence-electron chi connectivity index (χ0n) is 12.9. The molecule has 0 unspecified atom stereocenters. The molecule has 0 aliphatic rings. The monoisotopic (exact) mass is 384 g/mol. The molecule has 1 amide bonds. The van der Waals surface area contributed by atoms with Gasteiger partial charge in [-0.3, -0.25) is 9.59 Å². The van der Waals surface area contributed by atoms with E-state index in [-0.39, 0.29) is 11.4 Å². The summed E-state index contributed by atoms with van der Waals surface area (Å²) in [5.41, 5.74) is 0. The molecular formula is C13H15F3N2O6S. The average Bonchev–Trinajstić information content (AvgIpc) is 2.49. The standard InChI is InChI=1S/C13H15F3N2O6S/c1-2-18(8-12(20)21)11(19)7-17-25(22,23)10-5-3-9(4-6-10)24-13(14,15)16/h3-6,17H,2,7-8H2,1H3,(H,20,21). The predicted octanol–water partition coefficient (Wildman–Crippen LogP) is 0.797. The van der Waals surface area contributed by atoms with Gasteiger partial charge in [0.05, 0.1) is 11.4 Å². The second-order valence-corrected chi connectivity index (χ2v) is 6.41. The summed E-state index contributed by atoms with van der Waals surface area (Å²) in [6.45, 7) is 0.315. The molecule has 1 aromatic carbocycles. The summed E-state index contributed by atoms with van der Waals surface area (Å²) >= 11 is 0. The van der Waals surface area contributed by atoms with E-state index < -0.39 is 47.1 Å². The maximum atomic E-state index is 12.0. The van der Waals surface area contributed by atoms with Gasteiger partial charge in [-0.1, -0.05) is 0 Å². The minimum atomic E-state index is -4.90. The van der Waals surface area contributed by atoms with E-state index in [0.717, 1.165) is 29.2 Å². The van der Waals surface area contributed by atoms with Crippen molar-refractivity contribution >= 4 is 21.9 Å². The normalized spacial score (nSPS) is 11.8. The zero-order valence-corrected chi connectivity index (χ0v) is 13.7. The number of nitrogens with zero attached hydrogens (tertiary/aromatic N) is 1. The van der Waals surface area contributed by atoms with E-state index in [4.69, 9.17) is 5.11 Å². The van der Waals surface area contributed by atoms with E-state index in [0.29, 0.717) is 0 Å². The van der Waals surface area contributed by atoms with Gasteiger partial charge in [0.1, 0.15) is 12.3 Å².